The number of hydrogen-bond donors (Lipinski definition) is 2. The van der Waals surface area contributed by atoms with Gasteiger partial charge in [-0.3, -0.25) is 9.59 Å². The van der Waals surface area contributed by atoms with E-state index in [9.17, 15) is 9.59 Å². The molecule has 0 saturated heterocycles. The van der Waals surface area contributed by atoms with Crippen LogP contribution in [0.4, 0.5) is 11.4 Å². The highest BCUT2D eigenvalue weighted by molar-refractivity contribution is 6.30. The fourth-order valence-electron chi connectivity index (χ4n) is 3.46. The van der Waals surface area contributed by atoms with Gasteiger partial charge in [-0.15, -0.1) is 0 Å². The monoisotopic (exact) mass is 474 g/mol. The van der Waals surface area contributed by atoms with Gasteiger partial charge in [0.15, 0.2) is 5.69 Å². The number of anilines is 2. The second-order valence-corrected chi connectivity index (χ2v) is 8.14. The van der Waals surface area contributed by atoms with Crippen LogP contribution < -0.4 is 15.4 Å². The minimum absolute atomic E-state index is 0.0130. The Morgan fingerprint density at radius 3 is 1.97 bits per heavy atom. The number of hydrogen-bond acceptors (Lipinski definition) is 4. The number of aromatic nitrogens is 2. The van der Waals surface area contributed by atoms with Crippen molar-refractivity contribution < 1.29 is 14.3 Å². The smallest absolute Gasteiger partial charge is 0.277 e. The van der Waals surface area contributed by atoms with Crippen LogP contribution >= 0.6 is 11.6 Å². The molecule has 0 spiro atoms. The maximum absolute atomic E-state index is 13.3. The summed E-state index contributed by atoms with van der Waals surface area (Å²) in [5.74, 6) is -0.264. The lowest BCUT2D eigenvalue weighted by molar-refractivity contribution is 0.0988. The lowest BCUT2D eigenvalue weighted by Gasteiger charge is -2.09. The summed E-state index contributed by atoms with van der Waals surface area (Å²) in [6, 6.07) is 21.3. The third-order valence-electron chi connectivity index (χ3n) is 5.29. The van der Waals surface area contributed by atoms with Crippen molar-refractivity contribution in [2.24, 2.45) is 0 Å². The Bertz CT molecular complexity index is 1330. The summed E-state index contributed by atoms with van der Waals surface area (Å²) in [7, 11) is 1.57. The summed E-state index contributed by atoms with van der Waals surface area (Å²) in [6.07, 6.45) is 0. The van der Waals surface area contributed by atoms with Crippen molar-refractivity contribution in [2.75, 3.05) is 17.7 Å². The van der Waals surface area contributed by atoms with Crippen molar-refractivity contribution in [2.45, 2.75) is 13.8 Å². The fourth-order valence-corrected chi connectivity index (χ4v) is 3.59. The van der Waals surface area contributed by atoms with Gasteiger partial charge in [-0.05, 0) is 74.5 Å². The zero-order chi connectivity index (χ0) is 24.2. The van der Waals surface area contributed by atoms with Crippen molar-refractivity contribution in [3.63, 3.8) is 0 Å². The molecule has 0 aliphatic rings. The lowest BCUT2D eigenvalue weighted by Crippen LogP contribution is -2.20. The first-order valence-corrected chi connectivity index (χ1v) is 10.9. The minimum atomic E-state index is -0.487. The number of nitrogens with zero attached hydrogens (tertiary/aromatic N) is 2. The number of carbonyl (C=O) groups excluding carboxylic acids is 2. The predicted molar refractivity (Wildman–Crippen MR) is 133 cm³/mol. The highest BCUT2D eigenvalue weighted by Gasteiger charge is 2.27. The third-order valence-corrected chi connectivity index (χ3v) is 5.54. The normalized spacial score (nSPS) is 10.6. The number of aryl methyl sites for hydroxylation is 1. The molecule has 34 heavy (non-hydrogen) atoms. The predicted octanol–water partition coefficient (Wildman–Crippen LogP) is 5.66. The first-order valence-electron chi connectivity index (χ1n) is 10.5. The highest BCUT2D eigenvalue weighted by Crippen LogP contribution is 2.23. The van der Waals surface area contributed by atoms with Gasteiger partial charge in [-0.25, -0.2) is 4.68 Å². The Hall–Kier alpha value is -4.10. The largest absolute Gasteiger partial charge is 0.497 e. The number of nitrogens with one attached hydrogen (secondary N) is 2. The van der Waals surface area contributed by atoms with Gasteiger partial charge in [0.25, 0.3) is 11.8 Å². The number of methoxy groups -OCH3 is 1. The molecular formula is C26H23ClN4O3. The molecule has 7 nitrogen and oxygen atoms in total. The number of rotatable bonds is 6. The van der Waals surface area contributed by atoms with E-state index in [4.69, 9.17) is 16.3 Å². The molecule has 0 bridgehead atoms. The van der Waals surface area contributed by atoms with Gasteiger partial charge in [0.1, 0.15) is 5.75 Å². The van der Waals surface area contributed by atoms with E-state index in [1.807, 2.05) is 19.1 Å². The molecule has 3 aromatic carbocycles. The molecule has 4 rings (SSSR count). The van der Waals surface area contributed by atoms with Gasteiger partial charge in [0, 0.05) is 16.4 Å². The first-order chi connectivity index (χ1) is 16.4. The van der Waals surface area contributed by atoms with Crippen LogP contribution in [0.3, 0.4) is 0 Å². The summed E-state index contributed by atoms with van der Waals surface area (Å²) in [6.45, 7) is 3.71. The summed E-state index contributed by atoms with van der Waals surface area (Å²) < 4.78 is 6.72. The van der Waals surface area contributed by atoms with Crippen LogP contribution in [0.25, 0.3) is 5.69 Å². The van der Waals surface area contributed by atoms with Crippen LogP contribution in [0.5, 0.6) is 5.75 Å². The van der Waals surface area contributed by atoms with Crippen molar-refractivity contribution in [1.29, 1.82) is 0 Å². The molecule has 0 saturated carbocycles. The number of halogens is 1. The average Bonchev–Trinajstić information content (AvgIpc) is 3.19. The molecule has 0 aliphatic heterocycles. The zero-order valence-corrected chi connectivity index (χ0v) is 19.7. The lowest BCUT2D eigenvalue weighted by atomic mass is 10.1. The van der Waals surface area contributed by atoms with Crippen LogP contribution in [0.15, 0.2) is 72.8 Å². The van der Waals surface area contributed by atoms with Crippen LogP contribution in [-0.4, -0.2) is 28.7 Å². The van der Waals surface area contributed by atoms with E-state index < -0.39 is 11.8 Å². The topological polar surface area (TPSA) is 85.2 Å². The van der Waals surface area contributed by atoms with Crippen molar-refractivity contribution in [3.05, 3.63) is 100 Å². The molecule has 2 amide bonds. The molecule has 1 aromatic heterocycles. The number of carbonyl (C=O) groups is 2. The molecule has 1 heterocycles. The van der Waals surface area contributed by atoms with E-state index in [1.165, 1.54) is 0 Å². The second kappa shape index (κ2) is 9.80. The summed E-state index contributed by atoms with van der Waals surface area (Å²) in [5.41, 5.74) is 3.62. The van der Waals surface area contributed by atoms with Gasteiger partial charge >= 0.3 is 0 Å². The molecule has 0 radical (unpaired) electrons. The molecule has 0 unspecified atom stereocenters. The molecular weight excluding hydrogens is 452 g/mol. The SMILES string of the molecule is COc1ccc(NC(=O)c2c(C(=O)Nc3ccc(C)cc3)nn(-c3ccc(Cl)cc3)c2C)cc1. The standard InChI is InChI=1S/C26H23ClN4O3/c1-16-4-8-19(9-5-16)29-26(33)24-23(25(32)28-20-10-14-22(34-3)15-11-20)17(2)31(30-24)21-12-6-18(27)7-13-21/h4-15H,1-3H3,(H,28,32)(H,29,33). The van der Waals surface area contributed by atoms with Gasteiger partial charge in [0.2, 0.25) is 0 Å². The van der Waals surface area contributed by atoms with E-state index in [0.29, 0.717) is 33.5 Å². The highest BCUT2D eigenvalue weighted by atomic mass is 35.5. The number of ether oxygens (including phenoxy) is 1. The maximum Gasteiger partial charge on any atom is 0.277 e. The van der Waals surface area contributed by atoms with E-state index in [2.05, 4.69) is 15.7 Å². The fraction of sp³-hybridized carbons (Fsp3) is 0.115. The van der Waals surface area contributed by atoms with E-state index >= 15 is 0 Å². The van der Waals surface area contributed by atoms with Gasteiger partial charge < -0.3 is 15.4 Å². The first kappa shape index (κ1) is 23.1. The average molecular weight is 475 g/mol. The Kier molecular flexibility index (Phi) is 6.65. The maximum atomic E-state index is 13.3. The minimum Gasteiger partial charge on any atom is -0.497 e. The molecule has 8 heteroatoms. The van der Waals surface area contributed by atoms with Crippen LogP contribution in [0.1, 0.15) is 32.1 Å². The third kappa shape index (κ3) is 4.94. The van der Waals surface area contributed by atoms with Crippen molar-refractivity contribution >= 4 is 34.8 Å². The van der Waals surface area contributed by atoms with Gasteiger partial charge in [-0.1, -0.05) is 29.3 Å². The molecule has 172 valence electrons. The van der Waals surface area contributed by atoms with Crippen LogP contribution in [0.2, 0.25) is 5.02 Å². The van der Waals surface area contributed by atoms with E-state index in [0.717, 1.165) is 5.56 Å². The van der Waals surface area contributed by atoms with Gasteiger partial charge in [-0.2, -0.15) is 5.10 Å². The molecule has 0 aliphatic carbocycles. The van der Waals surface area contributed by atoms with E-state index in [-0.39, 0.29) is 11.3 Å². The second-order valence-electron chi connectivity index (χ2n) is 7.70. The van der Waals surface area contributed by atoms with Crippen molar-refractivity contribution in [3.8, 4) is 11.4 Å². The van der Waals surface area contributed by atoms with E-state index in [1.54, 1.807) is 79.4 Å². The van der Waals surface area contributed by atoms with Gasteiger partial charge in [0.05, 0.1) is 24.1 Å². The molecule has 2 N–H and O–H groups in total. The van der Waals surface area contributed by atoms with Crippen LogP contribution in [-0.2, 0) is 0 Å². The Morgan fingerprint density at radius 2 is 1.38 bits per heavy atom. The van der Waals surface area contributed by atoms with Crippen molar-refractivity contribution in [1.82, 2.24) is 9.78 Å². The zero-order valence-electron chi connectivity index (χ0n) is 18.9. The Labute approximate surface area is 202 Å². The Morgan fingerprint density at radius 1 is 0.824 bits per heavy atom. The molecule has 0 fully saturated rings. The molecule has 4 aromatic rings. The number of benzene rings is 3. The summed E-state index contributed by atoms with van der Waals surface area (Å²) in [5, 5.41) is 10.7. The Balaban J connectivity index is 1.72. The quantitative estimate of drug-likeness (QED) is 0.378. The summed E-state index contributed by atoms with van der Waals surface area (Å²) in [4.78, 5) is 26.5. The summed E-state index contributed by atoms with van der Waals surface area (Å²) >= 11 is 6.02. The van der Waals surface area contributed by atoms with Crippen LogP contribution in [0, 0.1) is 13.8 Å². The molecule has 0 atom stereocenters. The number of amides is 2.